The van der Waals surface area contributed by atoms with Crippen molar-refractivity contribution in [2.24, 2.45) is 5.73 Å². The van der Waals surface area contributed by atoms with E-state index in [9.17, 15) is 9.59 Å². The fourth-order valence-electron chi connectivity index (χ4n) is 0.717. The molecule has 0 aliphatic heterocycles. The smallest absolute Gasteiger partial charge is 0.322 e. The fourth-order valence-corrected chi connectivity index (χ4v) is 2.13. The van der Waals surface area contributed by atoms with Crippen molar-refractivity contribution in [1.82, 2.24) is 4.31 Å². The number of carboxylic acid groups (broad SMARTS) is 2. The minimum Gasteiger partial charge on any atom is -0.480 e. The molecule has 0 radical (unpaired) electrons. The molecular weight excluding hydrogens is 240 g/mol. The largest absolute Gasteiger partial charge is 0.480 e. The number of carboxylic acids is 2. The Labute approximate surface area is 97.4 Å². The van der Waals surface area contributed by atoms with E-state index in [1.54, 1.807) is 0 Å². The summed E-state index contributed by atoms with van der Waals surface area (Å²) < 4.78 is 1.27. The number of nitrogens with two attached hydrogens (primary N) is 1. The molecule has 0 aromatic carbocycles. The zero-order valence-electron chi connectivity index (χ0n) is 8.16. The van der Waals surface area contributed by atoms with Crippen molar-refractivity contribution in [3.8, 4) is 0 Å². The molecule has 0 saturated carbocycles. The molecule has 15 heavy (non-hydrogen) atoms. The van der Waals surface area contributed by atoms with Gasteiger partial charge in [0.05, 0.1) is 0 Å². The minimum absolute atomic E-state index is 0.181. The average molecular weight is 254 g/mol. The summed E-state index contributed by atoms with van der Waals surface area (Å²) in [7, 11) is 1.53. The molecule has 2 atom stereocenters. The molecule has 4 N–H and O–H groups in total. The highest BCUT2D eigenvalue weighted by Crippen LogP contribution is 2.10. The lowest BCUT2D eigenvalue weighted by atomic mass is 10.3. The van der Waals surface area contributed by atoms with Crippen LogP contribution in [-0.4, -0.2) is 57.1 Å². The van der Waals surface area contributed by atoms with Crippen LogP contribution in [0.15, 0.2) is 0 Å². The first-order valence-corrected chi connectivity index (χ1v) is 5.62. The van der Waals surface area contributed by atoms with Gasteiger partial charge in [-0.15, -0.1) is 0 Å². The van der Waals surface area contributed by atoms with E-state index < -0.39 is 24.0 Å². The van der Waals surface area contributed by atoms with E-state index in [4.69, 9.17) is 15.9 Å². The molecule has 0 aromatic rings. The molecule has 0 saturated heterocycles. The first-order valence-electron chi connectivity index (χ1n) is 4.07. The predicted octanol–water partition coefficient (Wildman–Crippen LogP) is -0.639. The van der Waals surface area contributed by atoms with Gasteiger partial charge in [-0.1, -0.05) is 12.8 Å². The van der Waals surface area contributed by atoms with Crippen molar-refractivity contribution in [2.75, 3.05) is 18.6 Å². The third-order valence-electron chi connectivity index (χ3n) is 1.63. The fraction of sp³-hybridized carbons (Fsp3) is 0.714. The summed E-state index contributed by atoms with van der Waals surface area (Å²) in [5, 5.41) is 17.3. The molecule has 0 amide bonds. The quantitative estimate of drug-likeness (QED) is 0.448. The van der Waals surface area contributed by atoms with Gasteiger partial charge in [-0.05, 0) is 7.05 Å². The number of thiol groups is 1. The monoisotopic (exact) mass is 254 g/mol. The maximum Gasteiger partial charge on any atom is 0.322 e. The van der Waals surface area contributed by atoms with Crippen molar-refractivity contribution in [3.05, 3.63) is 0 Å². The van der Waals surface area contributed by atoms with E-state index in [1.165, 1.54) is 23.1 Å². The van der Waals surface area contributed by atoms with Crippen LogP contribution in [0.5, 0.6) is 0 Å². The molecule has 0 spiro atoms. The molecule has 0 bridgehead atoms. The van der Waals surface area contributed by atoms with Crippen molar-refractivity contribution in [3.63, 3.8) is 0 Å². The standard InChI is InChI=1S/C7H14N2O4S2/c1-9(14)5(7(12)13)3-15-2-4(8)6(10)11/h4-5,14H,2-3,8H2,1H3,(H,10,11)(H,12,13)/t4-,5-/m0/s1. The van der Waals surface area contributed by atoms with Gasteiger partial charge in [0.25, 0.3) is 0 Å². The molecule has 0 unspecified atom stereocenters. The van der Waals surface area contributed by atoms with Gasteiger partial charge in [0, 0.05) is 11.5 Å². The lowest BCUT2D eigenvalue weighted by Crippen LogP contribution is -2.37. The summed E-state index contributed by atoms with van der Waals surface area (Å²) in [6, 6.07) is -1.71. The Morgan fingerprint density at radius 1 is 1.40 bits per heavy atom. The minimum atomic E-state index is -1.09. The van der Waals surface area contributed by atoms with Gasteiger partial charge in [0.15, 0.2) is 0 Å². The molecule has 88 valence electrons. The molecular formula is C7H14N2O4S2. The lowest BCUT2D eigenvalue weighted by Gasteiger charge is -2.18. The van der Waals surface area contributed by atoms with Crippen LogP contribution >= 0.6 is 24.6 Å². The van der Waals surface area contributed by atoms with Crippen LogP contribution < -0.4 is 5.73 Å². The topological polar surface area (TPSA) is 104 Å². The number of carbonyl (C=O) groups is 2. The van der Waals surface area contributed by atoms with Crippen LogP contribution in [0.2, 0.25) is 0 Å². The van der Waals surface area contributed by atoms with Crippen LogP contribution in [0, 0.1) is 0 Å². The third-order valence-corrected chi connectivity index (χ3v) is 3.05. The molecule has 6 nitrogen and oxygen atoms in total. The highest BCUT2D eigenvalue weighted by Gasteiger charge is 2.21. The molecule has 0 fully saturated rings. The van der Waals surface area contributed by atoms with Crippen LogP contribution in [0.3, 0.4) is 0 Å². The molecule has 0 aromatic heterocycles. The summed E-state index contributed by atoms with van der Waals surface area (Å²) in [5.41, 5.74) is 5.25. The Balaban J connectivity index is 3.92. The zero-order chi connectivity index (χ0) is 12.0. The van der Waals surface area contributed by atoms with E-state index in [2.05, 4.69) is 12.8 Å². The molecule has 8 heteroatoms. The second-order valence-corrected chi connectivity index (χ2v) is 4.62. The van der Waals surface area contributed by atoms with Gasteiger partial charge in [-0.3, -0.25) is 9.59 Å². The van der Waals surface area contributed by atoms with Crippen LogP contribution in [-0.2, 0) is 9.59 Å². The van der Waals surface area contributed by atoms with Crippen molar-refractivity contribution >= 4 is 36.5 Å². The Morgan fingerprint density at radius 3 is 2.27 bits per heavy atom. The van der Waals surface area contributed by atoms with Gasteiger partial charge in [-0.25, -0.2) is 4.31 Å². The number of rotatable bonds is 7. The summed E-state index contributed by atoms with van der Waals surface area (Å²) in [4.78, 5) is 21.1. The van der Waals surface area contributed by atoms with Crippen LogP contribution in [0.4, 0.5) is 0 Å². The van der Waals surface area contributed by atoms with Crippen molar-refractivity contribution in [2.45, 2.75) is 12.1 Å². The number of likely N-dealkylation sites (N-methyl/N-ethyl adjacent to an activating group) is 1. The predicted molar refractivity (Wildman–Crippen MR) is 61.1 cm³/mol. The number of hydrogen-bond donors (Lipinski definition) is 4. The van der Waals surface area contributed by atoms with Gasteiger partial charge < -0.3 is 15.9 Å². The molecule has 0 aliphatic carbocycles. The average Bonchev–Trinajstić information content (AvgIpc) is 2.10. The van der Waals surface area contributed by atoms with Crippen molar-refractivity contribution in [1.29, 1.82) is 0 Å². The second kappa shape index (κ2) is 6.94. The lowest BCUT2D eigenvalue weighted by molar-refractivity contribution is -0.140. The first-order chi connectivity index (χ1) is 6.86. The number of aliphatic carboxylic acids is 2. The Kier molecular flexibility index (Phi) is 6.73. The Bertz CT molecular complexity index is 237. The van der Waals surface area contributed by atoms with Crippen LogP contribution in [0.25, 0.3) is 0 Å². The van der Waals surface area contributed by atoms with E-state index >= 15 is 0 Å². The van der Waals surface area contributed by atoms with E-state index in [0.717, 1.165) is 0 Å². The van der Waals surface area contributed by atoms with Gasteiger partial charge in [0.2, 0.25) is 0 Å². The third kappa shape index (κ3) is 5.88. The van der Waals surface area contributed by atoms with E-state index in [0.29, 0.717) is 0 Å². The highest BCUT2D eigenvalue weighted by atomic mass is 32.2. The summed E-state index contributed by atoms with van der Waals surface area (Å²) >= 11 is 5.07. The zero-order valence-corrected chi connectivity index (χ0v) is 9.87. The Hall–Kier alpha value is -0.440. The number of thioether (sulfide) groups is 1. The summed E-state index contributed by atoms with van der Waals surface area (Å²) in [6.45, 7) is 0. The van der Waals surface area contributed by atoms with Gasteiger partial charge in [-0.2, -0.15) is 11.8 Å². The summed E-state index contributed by atoms with van der Waals surface area (Å²) in [5.74, 6) is -1.66. The first kappa shape index (κ1) is 14.6. The molecule has 0 rings (SSSR count). The maximum absolute atomic E-state index is 10.7. The van der Waals surface area contributed by atoms with E-state index in [-0.39, 0.29) is 11.5 Å². The van der Waals surface area contributed by atoms with Crippen LogP contribution in [0.1, 0.15) is 0 Å². The number of hydrogen-bond acceptors (Lipinski definition) is 6. The van der Waals surface area contributed by atoms with Gasteiger partial charge >= 0.3 is 11.9 Å². The number of nitrogens with zero attached hydrogens (tertiary/aromatic N) is 1. The highest BCUT2D eigenvalue weighted by molar-refractivity contribution is 7.99. The van der Waals surface area contributed by atoms with Gasteiger partial charge in [0.1, 0.15) is 12.1 Å². The second-order valence-electron chi connectivity index (χ2n) is 2.91. The maximum atomic E-state index is 10.7. The molecule has 0 heterocycles. The summed E-state index contributed by atoms with van der Waals surface area (Å²) in [6.07, 6.45) is 0. The van der Waals surface area contributed by atoms with E-state index in [1.807, 2.05) is 0 Å². The molecule has 0 aliphatic rings. The SMILES string of the molecule is CN(S)[C@@H](CSC[C@H](N)C(=O)O)C(=O)O. The Morgan fingerprint density at radius 2 is 1.93 bits per heavy atom. The normalized spacial score (nSPS) is 14.9. The van der Waals surface area contributed by atoms with Crippen molar-refractivity contribution < 1.29 is 19.8 Å².